The monoisotopic (exact) mass is 456 g/mol. The third-order valence-corrected chi connectivity index (χ3v) is 8.51. The Morgan fingerprint density at radius 1 is 1.28 bits per heavy atom. The zero-order chi connectivity index (χ0) is 23.5. The van der Waals surface area contributed by atoms with Crippen molar-refractivity contribution in [3.05, 3.63) is 41.7 Å². The lowest BCUT2D eigenvalue weighted by atomic mass is 9.65. The summed E-state index contributed by atoms with van der Waals surface area (Å²) < 4.78 is 35.2. The van der Waals surface area contributed by atoms with E-state index in [9.17, 15) is 18.5 Å². The van der Waals surface area contributed by atoms with Crippen molar-refractivity contribution in [2.24, 2.45) is 10.8 Å². The van der Waals surface area contributed by atoms with Crippen LogP contribution in [0.1, 0.15) is 56.1 Å². The average molecular weight is 457 g/mol. The number of methoxy groups -OCH3 is 1. The summed E-state index contributed by atoms with van der Waals surface area (Å²) in [5.41, 5.74) is 6.55. The molecule has 1 aromatic heterocycles. The van der Waals surface area contributed by atoms with Gasteiger partial charge in [0.2, 0.25) is 10.0 Å². The van der Waals surface area contributed by atoms with Crippen LogP contribution in [0, 0.1) is 22.2 Å². The Kier molecular flexibility index (Phi) is 5.14. The van der Waals surface area contributed by atoms with Crippen LogP contribution in [-0.4, -0.2) is 43.0 Å². The van der Waals surface area contributed by atoms with Gasteiger partial charge in [-0.2, -0.15) is 9.57 Å². The maximum atomic E-state index is 13.7. The van der Waals surface area contributed by atoms with E-state index in [1.807, 2.05) is 6.07 Å². The molecule has 2 atom stereocenters. The van der Waals surface area contributed by atoms with E-state index < -0.39 is 16.0 Å². The van der Waals surface area contributed by atoms with Crippen molar-refractivity contribution < 1.29 is 17.9 Å². The second-order valence-corrected chi connectivity index (χ2v) is 11.9. The van der Waals surface area contributed by atoms with Gasteiger partial charge in [-0.1, -0.05) is 26.8 Å². The molecule has 4 rings (SSSR count). The molecule has 1 aliphatic heterocycles. The number of nitrogens with two attached hydrogens (primary N) is 1. The van der Waals surface area contributed by atoms with Crippen LogP contribution in [0.3, 0.4) is 0 Å². The predicted molar refractivity (Wildman–Crippen MR) is 120 cm³/mol. The molecule has 2 heterocycles. The third kappa shape index (κ3) is 3.57. The number of nitrogen functional groups attached to an aromatic ring is 1. The topological polar surface area (TPSA) is 118 Å². The fraction of sp³-hybridized carbons (Fsp3) is 0.478. The molecule has 0 spiro atoms. The Morgan fingerprint density at radius 3 is 2.66 bits per heavy atom. The van der Waals surface area contributed by atoms with E-state index in [0.717, 1.165) is 19.3 Å². The Bertz CT molecular complexity index is 1240. The Balaban J connectivity index is 1.77. The first kappa shape index (κ1) is 22.4. The van der Waals surface area contributed by atoms with Crippen LogP contribution in [0.2, 0.25) is 0 Å². The fourth-order valence-corrected chi connectivity index (χ4v) is 7.55. The minimum atomic E-state index is -3.75. The summed E-state index contributed by atoms with van der Waals surface area (Å²) in [6.45, 7) is 7.06. The highest BCUT2D eigenvalue weighted by Gasteiger charge is 2.53. The molecule has 1 saturated heterocycles. The van der Waals surface area contributed by atoms with Crippen molar-refractivity contribution in [3.8, 4) is 11.8 Å². The predicted octanol–water partition coefficient (Wildman–Crippen LogP) is 3.31. The zero-order valence-corrected chi connectivity index (χ0v) is 19.6. The van der Waals surface area contributed by atoms with Gasteiger partial charge in [-0.05, 0) is 48.3 Å². The number of anilines is 1. The number of hydrogen-bond acceptors (Lipinski definition) is 6. The molecule has 2 fully saturated rings. The second-order valence-electron chi connectivity index (χ2n) is 10.0. The van der Waals surface area contributed by atoms with E-state index >= 15 is 0 Å². The van der Waals surface area contributed by atoms with Gasteiger partial charge in [0, 0.05) is 24.5 Å². The van der Waals surface area contributed by atoms with Crippen molar-refractivity contribution in [2.45, 2.75) is 51.0 Å². The van der Waals surface area contributed by atoms with Gasteiger partial charge in [-0.3, -0.25) is 0 Å². The molecule has 2 aliphatic rings. The molecular formula is C23H28N4O4S. The number of fused-ring (bicyclic) bond motifs is 2. The lowest BCUT2D eigenvalue weighted by Crippen LogP contribution is -2.37. The molecule has 8 nitrogen and oxygen atoms in total. The van der Waals surface area contributed by atoms with E-state index in [0.29, 0.717) is 12.2 Å². The molecular weight excluding hydrogens is 428 g/mol. The van der Waals surface area contributed by atoms with Crippen molar-refractivity contribution >= 4 is 21.7 Å². The number of carbonyl (C=O) groups excluding carboxylic acids is 1. The molecule has 2 aromatic rings. The Hall–Kier alpha value is -2.83. The maximum Gasteiger partial charge on any atom is 0.357 e. The van der Waals surface area contributed by atoms with Crippen molar-refractivity contribution in [2.75, 3.05) is 19.4 Å². The van der Waals surface area contributed by atoms with E-state index in [1.54, 1.807) is 22.5 Å². The molecule has 1 saturated carbocycles. The number of sulfonamides is 1. The average Bonchev–Trinajstić information content (AvgIpc) is 3.19. The number of aromatic nitrogens is 1. The Morgan fingerprint density at radius 2 is 2.00 bits per heavy atom. The highest BCUT2D eigenvalue weighted by atomic mass is 32.2. The number of ether oxygens (including phenoxy) is 1. The summed E-state index contributed by atoms with van der Waals surface area (Å²) in [5, 5.41) is 9.34. The molecule has 1 aliphatic carbocycles. The molecule has 9 heteroatoms. The van der Waals surface area contributed by atoms with Crippen LogP contribution >= 0.6 is 0 Å². The number of rotatable bonds is 4. The summed E-state index contributed by atoms with van der Waals surface area (Å²) in [5.74, 6) is -0.708. The quantitative estimate of drug-likeness (QED) is 0.705. The van der Waals surface area contributed by atoms with Gasteiger partial charge in [-0.15, -0.1) is 0 Å². The smallest absolute Gasteiger partial charge is 0.357 e. The summed E-state index contributed by atoms with van der Waals surface area (Å²) in [7, 11) is -2.53. The molecule has 2 unspecified atom stereocenters. The van der Waals surface area contributed by atoms with E-state index in [-0.39, 0.29) is 38.7 Å². The van der Waals surface area contributed by atoms with E-state index in [1.165, 1.54) is 23.9 Å². The van der Waals surface area contributed by atoms with Gasteiger partial charge in [-0.25, -0.2) is 13.2 Å². The molecule has 170 valence electrons. The number of hydrogen-bond donors (Lipinski definition) is 1. The SMILES string of the molecule is COC(=O)c1c(N)c(C#N)cn1-c1cccc(S(=O)(=O)N2CC3(C)CC2CC(C)(C)C3)c1. The lowest BCUT2D eigenvalue weighted by Gasteiger charge is -2.39. The van der Waals surface area contributed by atoms with Gasteiger partial charge in [0.05, 0.1) is 23.3 Å². The zero-order valence-electron chi connectivity index (χ0n) is 18.8. The van der Waals surface area contributed by atoms with E-state index in [2.05, 4.69) is 20.8 Å². The van der Waals surface area contributed by atoms with Crippen molar-refractivity contribution in [1.29, 1.82) is 5.26 Å². The number of nitrogens with zero attached hydrogens (tertiary/aromatic N) is 3. The summed E-state index contributed by atoms with van der Waals surface area (Å²) in [4.78, 5) is 12.5. The molecule has 1 aromatic carbocycles. The fourth-order valence-electron chi connectivity index (χ4n) is 5.74. The molecule has 0 radical (unpaired) electrons. The van der Waals surface area contributed by atoms with Crippen LogP contribution in [0.5, 0.6) is 0 Å². The lowest BCUT2D eigenvalue weighted by molar-refractivity contribution is 0.0593. The van der Waals surface area contributed by atoms with Crippen LogP contribution in [0.25, 0.3) is 5.69 Å². The highest BCUT2D eigenvalue weighted by molar-refractivity contribution is 7.89. The number of nitriles is 1. The minimum absolute atomic E-state index is 0.00360. The molecule has 0 amide bonds. The van der Waals surface area contributed by atoms with Crippen LogP contribution in [-0.2, 0) is 14.8 Å². The Labute approximate surface area is 188 Å². The molecule has 2 bridgehead atoms. The van der Waals surface area contributed by atoms with E-state index in [4.69, 9.17) is 10.5 Å². The van der Waals surface area contributed by atoms with Crippen LogP contribution < -0.4 is 5.73 Å². The number of esters is 1. The third-order valence-electron chi connectivity index (χ3n) is 6.61. The van der Waals surface area contributed by atoms with Crippen LogP contribution in [0.15, 0.2) is 35.4 Å². The van der Waals surface area contributed by atoms with Crippen LogP contribution in [0.4, 0.5) is 5.69 Å². The normalized spacial score (nSPS) is 24.8. The van der Waals surface area contributed by atoms with Gasteiger partial charge >= 0.3 is 5.97 Å². The summed E-state index contributed by atoms with van der Waals surface area (Å²) >= 11 is 0. The summed E-state index contributed by atoms with van der Waals surface area (Å²) in [6.07, 6.45) is 4.10. The second kappa shape index (κ2) is 7.36. The number of benzene rings is 1. The minimum Gasteiger partial charge on any atom is -0.464 e. The number of carbonyl (C=O) groups is 1. The highest BCUT2D eigenvalue weighted by Crippen LogP contribution is 2.53. The van der Waals surface area contributed by atoms with Gasteiger partial charge < -0.3 is 15.0 Å². The first-order valence-electron chi connectivity index (χ1n) is 10.5. The van der Waals surface area contributed by atoms with Gasteiger partial charge in [0.1, 0.15) is 6.07 Å². The van der Waals surface area contributed by atoms with Crippen molar-refractivity contribution in [1.82, 2.24) is 8.87 Å². The summed E-state index contributed by atoms with van der Waals surface area (Å²) in [6, 6.07) is 8.28. The largest absolute Gasteiger partial charge is 0.464 e. The first-order valence-corrected chi connectivity index (χ1v) is 12.0. The van der Waals surface area contributed by atoms with Gasteiger partial charge in [0.25, 0.3) is 0 Å². The van der Waals surface area contributed by atoms with Crippen molar-refractivity contribution in [3.63, 3.8) is 0 Å². The molecule has 32 heavy (non-hydrogen) atoms. The van der Waals surface area contributed by atoms with Gasteiger partial charge in [0.15, 0.2) is 5.69 Å². The molecule has 2 N–H and O–H groups in total. The standard InChI is InChI=1S/C23H28N4O4S/c1-22(2)9-17-10-23(3,13-22)14-27(17)32(29,30)18-7-5-6-16(8-18)26-12-15(11-24)19(25)20(26)21(28)31-4/h5-8,12,17H,9-10,13-14,25H2,1-4H3. The first-order chi connectivity index (χ1) is 14.9. The maximum absolute atomic E-state index is 13.7.